The number of ether oxygens (including phenoxy) is 2. The van der Waals surface area contributed by atoms with E-state index in [1.807, 2.05) is 18.4 Å². The molecule has 0 saturated carbocycles. The van der Waals surface area contributed by atoms with Crippen LogP contribution in [-0.2, 0) is 26.0 Å². The quantitative estimate of drug-likeness (QED) is 0.638. The number of hydrogen-bond donors (Lipinski definition) is 0. The maximum atomic E-state index is 13.4. The molecule has 2 rings (SSSR count). The normalized spacial score (nSPS) is 12.5. The Labute approximate surface area is 159 Å². The minimum absolute atomic E-state index is 0.0301. The van der Waals surface area contributed by atoms with E-state index >= 15 is 0 Å². The molecule has 27 heavy (non-hydrogen) atoms. The van der Waals surface area contributed by atoms with Gasteiger partial charge in [0, 0.05) is 32.9 Å². The van der Waals surface area contributed by atoms with Crippen molar-refractivity contribution < 1.29 is 22.3 Å². The fourth-order valence-corrected chi connectivity index (χ4v) is 3.21. The lowest BCUT2D eigenvalue weighted by molar-refractivity contribution is -0.110. The zero-order chi connectivity index (χ0) is 20.4. The maximum Gasteiger partial charge on any atom is 0.211 e. The first-order chi connectivity index (χ1) is 12.6. The standard InChI is InChI=1S/C18H26FN3O4S/c1-12(2)22-15(11-21(3)27(6,23)24)20-16(17(22)18(25-4)26-5)13-7-9-14(19)10-8-13/h7-10,12,18H,11H2,1-6H3. The smallest absolute Gasteiger partial charge is 0.211 e. The zero-order valence-corrected chi connectivity index (χ0v) is 17.2. The summed E-state index contributed by atoms with van der Waals surface area (Å²) in [6.07, 6.45) is 0.433. The van der Waals surface area contributed by atoms with Gasteiger partial charge in [-0.05, 0) is 38.1 Å². The van der Waals surface area contributed by atoms with Gasteiger partial charge < -0.3 is 14.0 Å². The van der Waals surface area contributed by atoms with Crippen LogP contribution >= 0.6 is 0 Å². The van der Waals surface area contributed by atoms with Crippen molar-refractivity contribution >= 4 is 10.0 Å². The number of hydrogen-bond acceptors (Lipinski definition) is 5. The molecule has 0 atom stereocenters. The van der Waals surface area contributed by atoms with Crippen LogP contribution in [0.1, 0.15) is 37.7 Å². The van der Waals surface area contributed by atoms with E-state index in [9.17, 15) is 12.8 Å². The van der Waals surface area contributed by atoms with Gasteiger partial charge in [-0.25, -0.2) is 17.8 Å². The number of imidazole rings is 1. The van der Waals surface area contributed by atoms with Crippen molar-refractivity contribution in [2.24, 2.45) is 0 Å². The molecule has 1 aromatic heterocycles. The minimum atomic E-state index is -3.38. The molecule has 0 fully saturated rings. The molecule has 9 heteroatoms. The highest BCUT2D eigenvalue weighted by Crippen LogP contribution is 2.34. The maximum absolute atomic E-state index is 13.4. The lowest BCUT2D eigenvalue weighted by Gasteiger charge is -2.22. The van der Waals surface area contributed by atoms with Crippen LogP contribution in [0.4, 0.5) is 4.39 Å². The highest BCUT2D eigenvalue weighted by atomic mass is 32.2. The summed E-state index contributed by atoms with van der Waals surface area (Å²) in [4.78, 5) is 4.68. The summed E-state index contributed by atoms with van der Waals surface area (Å²) < 4.78 is 51.1. The molecular formula is C18H26FN3O4S. The van der Waals surface area contributed by atoms with Crippen LogP contribution < -0.4 is 0 Å². The monoisotopic (exact) mass is 399 g/mol. The highest BCUT2D eigenvalue weighted by Gasteiger charge is 2.28. The fourth-order valence-electron chi connectivity index (χ4n) is 2.86. The molecular weight excluding hydrogens is 373 g/mol. The summed E-state index contributed by atoms with van der Waals surface area (Å²) in [6, 6.07) is 5.92. The zero-order valence-electron chi connectivity index (χ0n) is 16.4. The highest BCUT2D eigenvalue weighted by molar-refractivity contribution is 7.88. The molecule has 1 heterocycles. The molecule has 0 N–H and O–H groups in total. The molecule has 7 nitrogen and oxygen atoms in total. The molecule has 0 bridgehead atoms. The second-order valence-corrected chi connectivity index (χ2v) is 8.64. The third-order valence-electron chi connectivity index (χ3n) is 4.24. The lowest BCUT2D eigenvalue weighted by atomic mass is 10.1. The van der Waals surface area contributed by atoms with E-state index in [4.69, 9.17) is 9.47 Å². The van der Waals surface area contributed by atoms with Crippen LogP contribution in [-0.4, -0.2) is 49.8 Å². The first kappa shape index (κ1) is 21.5. The summed E-state index contributed by atoms with van der Waals surface area (Å²) in [5.74, 6) is 0.196. The molecule has 0 radical (unpaired) electrons. The summed E-state index contributed by atoms with van der Waals surface area (Å²) >= 11 is 0. The number of nitrogens with zero attached hydrogens (tertiary/aromatic N) is 3. The summed E-state index contributed by atoms with van der Waals surface area (Å²) in [5.41, 5.74) is 1.90. The Morgan fingerprint density at radius 2 is 1.74 bits per heavy atom. The van der Waals surface area contributed by atoms with E-state index in [0.29, 0.717) is 22.8 Å². The molecule has 0 amide bonds. The number of benzene rings is 1. The SMILES string of the molecule is COC(OC)c1c(-c2ccc(F)cc2)nc(CN(C)S(C)(=O)=O)n1C(C)C. The Kier molecular flexibility index (Phi) is 6.74. The molecule has 2 aromatic rings. The Bertz CT molecular complexity index is 875. The summed E-state index contributed by atoms with van der Waals surface area (Å²) in [5, 5.41) is 0. The van der Waals surface area contributed by atoms with Crippen molar-refractivity contribution in [1.29, 1.82) is 0 Å². The van der Waals surface area contributed by atoms with E-state index in [1.54, 1.807) is 12.1 Å². The van der Waals surface area contributed by atoms with Crippen molar-refractivity contribution in [2.75, 3.05) is 27.5 Å². The van der Waals surface area contributed by atoms with Crippen molar-refractivity contribution in [3.63, 3.8) is 0 Å². The van der Waals surface area contributed by atoms with Crippen LogP contribution in [0, 0.1) is 5.82 Å². The van der Waals surface area contributed by atoms with Crippen LogP contribution in [0.5, 0.6) is 0 Å². The van der Waals surface area contributed by atoms with Gasteiger partial charge in [0.15, 0.2) is 0 Å². The van der Waals surface area contributed by atoms with Gasteiger partial charge in [0.05, 0.1) is 18.5 Å². The Morgan fingerprint density at radius 1 is 1.19 bits per heavy atom. The van der Waals surface area contributed by atoms with Gasteiger partial charge >= 0.3 is 0 Å². The molecule has 0 aliphatic heterocycles. The molecule has 1 aromatic carbocycles. The first-order valence-corrected chi connectivity index (χ1v) is 10.3. The van der Waals surface area contributed by atoms with Crippen LogP contribution in [0.3, 0.4) is 0 Å². The number of sulfonamides is 1. The predicted molar refractivity (Wildman–Crippen MR) is 101 cm³/mol. The van der Waals surface area contributed by atoms with Crippen molar-refractivity contribution in [1.82, 2.24) is 13.9 Å². The largest absolute Gasteiger partial charge is 0.350 e. The fraction of sp³-hybridized carbons (Fsp3) is 0.500. The van der Waals surface area contributed by atoms with Crippen molar-refractivity contribution in [3.8, 4) is 11.3 Å². The van der Waals surface area contributed by atoms with E-state index in [1.165, 1.54) is 37.7 Å². The van der Waals surface area contributed by atoms with Crippen molar-refractivity contribution in [3.05, 3.63) is 41.6 Å². The molecule has 0 unspecified atom stereocenters. The van der Waals surface area contributed by atoms with Gasteiger partial charge in [-0.1, -0.05) is 0 Å². The minimum Gasteiger partial charge on any atom is -0.350 e. The summed E-state index contributed by atoms with van der Waals surface area (Å²) in [6.45, 7) is 4.02. The van der Waals surface area contributed by atoms with Gasteiger partial charge in [-0.3, -0.25) is 0 Å². The summed E-state index contributed by atoms with van der Waals surface area (Å²) in [7, 11) is 1.15. The van der Waals surface area contributed by atoms with Crippen LogP contribution in [0.2, 0.25) is 0 Å². The van der Waals surface area contributed by atoms with Gasteiger partial charge in [0.25, 0.3) is 0 Å². The second-order valence-electron chi connectivity index (χ2n) is 6.55. The van der Waals surface area contributed by atoms with Gasteiger partial charge in [-0.15, -0.1) is 0 Å². The Morgan fingerprint density at radius 3 is 2.19 bits per heavy atom. The van der Waals surface area contributed by atoms with E-state index in [-0.39, 0.29) is 18.4 Å². The predicted octanol–water partition coefficient (Wildman–Crippen LogP) is 2.95. The van der Waals surface area contributed by atoms with Gasteiger partial charge in [0.1, 0.15) is 17.3 Å². The Balaban J connectivity index is 2.70. The average molecular weight is 399 g/mol. The molecule has 0 saturated heterocycles. The van der Waals surface area contributed by atoms with Crippen molar-refractivity contribution in [2.45, 2.75) is 32.7 Å². The van der Waals surface area contributed by atoms with E-state index < -0.39 is 16.3 Å². The topological polar surface area (TPSA) is 73.7 Å². The van der Waals surface area contributed by atoms with Gasteiger partial charge in [-0.2, -0.15) is 4.31 Å². The van der Waals surface area contributed by atoms with E-state index in [0.717, 1.165) is 6.26 Å². The molecule has 150 valence electrons. The first-order valence-electron chi connectivity index (χ1n) is 8.44. The van der Waals surface area contributed by atoms with Crippen LogP contribution in [0.15, 0.2) is 24.3 Å². The average Bonchev–Trinajstić information content (AvgIpc) is 2.95. The number of rotatable bonds is 8. The number of halogens is 1. The molecule has 0 aliphatic carbocycles. The third-order valence-corrected chi connectivity index (χ3v) is 5.50. The molecule has 0 aliphatic rings. The number of aromatic nitrogens is 2. The van der Waals surface area contributed by atoms with E-state index in [2.05, 4.69) is 4.98 Å². The van der Waals surface area contributed by atoms with Crippen LogP contribution in [0.25, 0.3) is 11.3 Å². The van der Waals surface area contributed by atoms with Gasteiger partial charge in [0.2, 0.25) is 16.3 Å². The number of methoxy groups -OCH3 is 2. The second kappa shape index (κ2) is 8.47. The molecule has 0 spiro atoms. The Hall–Kier alpha value is -1.81. The lowest BCUT2D eigenvalue weighted by Crippen LogP contribution is -2.27. The third kappa shape index (κ3) is 4.73.